The number of esters is 1. The fraction of sp³-hybridized carbons (Fsp3) is 0.667. The molecule has 3 nitrogen and oxygen atoms in total. The van der Waals surface area contributed by atoms with E-state index in [0.29, 0.717) is 6.61 Å². The van der Waals surface area contributed by atoms with Crippen LogP contribution in [0.1, 0.15) is 33.1 Å². The van der Waals surface area contributed by atoms with Gasteiger partial charge < -0.3 is 4.74 Å². The lowest BCUT2D eigenvalue weighted by molar-refractivity contribution is -0.138. The molecule has 0 spiro atoms. The highest BCUT2D eigenvalue weighted by molar-refractivity contribution is 7.98. The second kappa shape index (κ2) is 9.29. The van der Waals surface area contributed by atoms with E-state index in [0.717, 1.165) is 30.6 Å². The fourth-order valence-corrected chi connectivity index (χ4v) is 1.82. The van der Waals surface area contributed by atoms with Crippen LogP contribution in [-0.4, -0.2) is 24.6 Å². The van der Waals surface area contributed by atoms with Crippen LogP contribution >= 0.6 is 11.8 Å². The summed E-state index contributed by atoms with van der Waals surface area (Å²) in [7, 11) is 0. The van der Waals surface area contributed by atoms with E-state index in [1.54, 1.807) is 18.7 Å². The first-order valence-corrected chi connectivity index (χ1v) is 6.88. The maximum Gasteiger partial charge on any atom is 0.348 e. The summed E-state index contributed by atoms with van der Waals surface area (Å²) < 4.78 is 4.88. The minimum atomic E-state index is -0.477. The summed E-state index contributed by atoms with van der Waals surface area (Å²) in [6.07, 6.45) is 4.53. The zero-order valence-corrected chi connectivity index (χ0v) is 11.0. The third kappa shape index (κ3) is 5.22. The van der Waals surface area contributed by atoms with Crippen molar-refractivity contribution < 1.29 is 9.53 Å². The number of nitrogens with zero attached hydrogens (tertiary/aromatic N) is 1. The van der Waals surface area contributed by atoms with E-state index in [1.807, 2.05) is 19.2 Å². The molecule has 90 valence electrons. The Kier molecular flexibility index (Phi) is 8.74. The molecule has 0 rings (SSSR count). The van der Waals surface area contributed by atoms with Crippen molar-refractivity contribution in [2.45, 2.75) is 33.1 Å². The van der Waals surface area contributed by atoms with Gasteiger partial charge in [-0.1, -0.05) is 13.3 Å². The van der Waals surface area contributed by atoms with E-state index in [9.17, 15) is 4.79 Å². The van der Waals surface area contributed by atoms with E-state index >= 15 is 0 Å². The zero-order valence-electron chi connectivity index (χ0n) is 10.2. The average molecular weight is 241 g/mol. The van der Waals surface area contributed by atoms with Crippen molar-refractivity contribution in [3.63, 3.8) is 0 Å². The van der Waals surface area contributed by atoms with Crippen LogP contribution in [0.5, 0.6) is 0 Å². The van der Waals surface area contributed by atoms with Gasteiger partial charge in [-0.15, -0.1) is 0 Å². The maximum absolute atomic E-state index is 11.5. The Balaban J connectivity index is 4.85. The number of carbonyl (C=O) groups is 1. The molecule has 0 atom stereocenters. The smallest absolute Gasteiger partial charge is 0.348 e. The number of allylic oxidation sites excluding steroid dienone is 1. The first kappa shape index (κ1) is 15.0. The third-order valence-corrected chi connectivity index (χ3v) is 2.72. The summed E-state index contributed by atoms with van der Waals surface area (Å²) in [6.45, 7) is 4.10. The highest BCUT2D eigenvalue weighted by atomic mass is 32.2. The first-order chi connectivity index (χ1) is 7.71. The van der Waals surface area contributed by atoms with Crippen LogP contribution in [0.2, 0.25) is 0 Å². The SMILES string of the molecule is CCC/C(CCSC)=C(\C#N)C(=O)OCC. The number of hydrogen-bond donors (Lipinski definition) is 0. The van der Waals surface area contributed by atoms with Crippen molar-refractivity contribution in [2.24, 2.45) is 0 Å². The van der Waals surface area contributed by atoms with Gasteiger partial charge in [0.1, 0.15) is 11.6 Å². The number of hydrogen-bond acceptors (Lipinski definition) is 4. The predicted octanol–water partition coefficient (Wildman–Crippen LogP) is 2.92. The van der Waals surface area contributed by atoms with Gasteiger partial charge in [-0.25, -0.2) is 4.79 Å². The second-order valence-corrected chi connectivity index (χ2v) is 4.29. The lowest BCUT2D eigenvalue weighted by Crippen LogP contribution is -2.09. The van der Waals surface area contributed by atoms with Gasteiger partial charge in [-0.3, -0.25) is 0 Å². The van der Waals surface area contributed by atoms with Crippen LogP contribution in [-0.2, 0) is 9.53 Å². The number of ether oxygens (including phenoxy) is 1. The van der Waals surface area contributed by atoms with Crippen LogP contribution in [0.25, 0.3) is 0 Å². The molecule has 4 heteroatoms. The summed E-state index contributed by atoms with van der Waals surface area (Å²) >= 11 is 1.71. The minimum absolute atomic E-state index is 0.206. The fourth-order valence-electron chi connectivity index (χ4n) is 1.37. The van der Waals surface area contributed by atoms with Crippen LogP contribution < -0.4 is 0 Å². The van der Waals surface area contributed by atoms with Crippen molar-refractivity contribution in [3.05, 3.63) is 11.1 Å². The van der Waals surface area contributed by atoms with Crippen LogP contribution in [0.3, 0.4) is 0 Å². The molecule has 0 amide bonds. The van der Waals surface area contributed by atoms with Crippen molar-refractivity contribution >= 4 is 17.7 Å². The summed E-state index contributed by atoms with van der Waals surface area (Å²) in [4.78, 5) is 11.5. The predicted molar refractivity (Wildman–Crippen MR) is 67.2 cm³/mol. The standard InChI is InChI=1S/C12H19NO2S/c1-4-6-10(7-8-16-3)11(9-13)12(14)15-5-2/h4-8H2,1-3H3/b11-10-. The lowest BCUT2D eigenvalue weighted by Gasteiger charge is -2.08. The molecule has 16 heavy (non-hydrogen) atoms. The molecule has 0 saturated carbocycles. The Morgan fingerprint density at radius 3 is 2.50 bits per heavy atom. The molecule has 0 bridgehead atoms. The van der Waals surface area contributed by atoms with Crippen LogP contribution in [0, 0.1) is 11.3 Å². The molecular weight excluding hydrogens is 222 g/mol. The van der Waals surface area contributed by atoms with Crippen molar-refractivity contribution in [3.8, 4) is 6.07 Å². The van der Waals surface area contributed by atoms with Gasteiger partial charge in [-0.2, -0.15) is 17.0 Å². The minimum Gasteiger partial charge on any atom is -0.462 e. The van der Waals surface area contributed by atoms with Crippen LogP contribution in [0.15, 0.2) is 11.1 Å². The molecule has 0 aromatic heterocycles. The lowest BCUT2D eigenvalue weighted by atomic mass is 10.0. The average Bonchev–Trinajstić information content (AvgIpc) is 2.27. The quantitative estimate of drug-likeness (QED) is 0.390. The number of carbonyl (C=O) groups excluding carboxylic acids is 1. The molecule has 0 aliphatic carbocycles. The number of nitriles is 1. The molecule has 0 N–H and O–H groups in total. The first-order valence-electron chi connectivity index (χ1n) is 5.49. The highest BCUT2D eigenvalue weighted by Crippen LogP contribution is 2.18. The second-order valence-electron chi connectivity index (χ2n) is 3.30. The van der Waals surface area contributed by atoms with Crippen molar-refractivity contribution in [1.82, 2.24) is 0 Å². The van der Waals surface area contributed by atoms with E-state index in [2.05, 4.69) is 0 Å². The molecule has 0 aromatic carbocycles. The Morgan fingerprint density at radius 2 is 2.06 bits per heavy atom. The van der Waals surface area contributed by atoms with Gasteiger partial charge in [0.05, 0.1) is 6.61 Å². The normalized spacial score (nSPS) is 11.6. The molecule has 0 aromatic rings. The molecule has 0 aliphatic heterocycles. The molecule has 0 unspecified atom stereocenters. The summed E-state index contributed by atoms with van der Waals surface area (Å²) in [6, 6.07) is 1.98. The van der Waals surface area contributed by atoms with Gasteiger partial charge in [0, 0.05) is 0 Å². The van der Waals surface area contributed by atoms with Gasteiger partial charge in [0.15, 0.2) is 0 Å². The number of rotatable bonds is 7. The van der Waals surface area contributed by atoms with E-state index < -0.39 is 5.97 Å². The van der Waals surface area contributed by atoms with Crippen molar-refractivity contribution in [1.29, 1.82) is 5.26 Å². The molecule has 0 heterocycles. The van der Waals surface area contributed by atoms with Crippen molar-refractivity contribution in [2.75, 3.05) is 18.6 Å². The Hall–Kier alpha value is -0.950. The number of thioether (sulfide) groups is 1. The zero-order chi connectivity index (χ0) is 12.4. The Morgan fingerprint density at radius 1 is 1.38 bits per heavy atom. The highest BCUT2D eigenvalue weighted by Gasteiger charge is 2.15. The van der Waals surface area contributed by atoms with E-state index in [4.69, 9.17) is 10.00 Å². The van der Waals surface area contributed by atoms with Gasteiger partial charge in [-0.05, 0) is 37.3 Å². The summed E-state index contributed by atoms with van der Waals surface area (Å²) in [5.74, 6) is 0.453. The van der Waals surface area contributed by atoms with E-state index in [1.165, 1.54) is 0 Å². The topological polar surface area (TPSA) is 50.1 Å². The maximum atomic E-state index is 11.5. The summed E-state index contributed by atoms with van der Waals surface area (Å²) in [5.41, 5.74) is 1.13. The van der Waals surface area contributed by atoms with Gasteiger partial charge >= 0.3 is 5.97 Å². The van der Waals surface area contributed by atoms with Gasteiger partial charge in [0.2, 0.25) is 0 Å². The molecule has 0 saturated heterocycles. The molecule has 0 fully saturated rings. The third-order valence-electron chi connectivity index (χ3n) is 2.10. The van der Waals surface area contributed by atoms with Crippen LogP contribution in [0.4, 0.5) is 0 Å². The van der Waals surface area contributed by atoms with E-state index in [-0.39, 0.29) is 5.57 Å². The molecular formula is C12H19NO2S. The largest absolute Gasteiger partial charge is 0.462 e. The Labute approximate surface area is 102 Å². The molecule has 0 aliphatic rings. The monoisotopic (exact) mass is 241 g/mol. The summed E-state index contributed by atoms with van der Waals surface area (Å²) in [5, 5.41) is 9.00. The van der Waals surface area contributed by atoms with Gasteiger partial charge in [0.25, 0.3) is 0 Å². The Bertz CT molecular complexity index is 292. The molecule has 0 radical (unpaired) electrons.